The summed E-state index contributed by atoms with van der Waals surface area (Å²) < 4.78 is 38.1. The molecule has 3 atom stereocenters. The number of methoxy groups -OCH3 is 1. The second-order valence-corrected chi connectivity index (χ2v) is 12.0. The zero-order valence-electron chi connectivity index (χ0n) is 23.9. The summed E-state index contributed by atoms with van der Waals surface area (Å²) in [6, 6.07) is 11.6. The van der Waals surface area contributed by atoms with Crippen molar-refractivity contribution in [2.24, 2.45) is 5.92 Å². The molecule has 2 heterocycles. The van der Waals surface area contributed by atoms with Crippen molar-refractivity contribution in [1.29, 1.82) is 0 Å². The molecule has 41 heavy (non-hydrogen) atoms. The lowest BCUT2D eigenvalue weighted by molar-refractivity contribution is -0.141. The van der Waals surface area contributed by atoms with Crippen LogP contribution in [-0.4, -0.2) is 32.9 Å². The molecule has 0 amide bonds. The summed E-state index contributed by atoms with van der Waals surface area (Å²) in [7, 11) is 1.39. The smallest absolute Gasteiger partial charge is 0.306 e. The minimum Gasteiger partial charge on any atom is -0.492 e. The summed E-state index contributed by atoms with van der Waals surface area (Å²) >= 11 is 6.77. The first-order chi connectivity index (χ1) is 19.8. The minimum atomic E-state index is -0.431. The molecule has 1 saturated heterocycles. The van der Waals surface area contributed by atoms with Crippen molar-refractivity contribution >= 4 is 17.6 Å². The van der Waals surface area contributed by atoms with Gasteiger partial charge in [-0.05, 0) is 91.8 Å². The summed E-state index contributed by atoms with van der Waals surface area (Å²) in [5, 5.41) is 0.437. The maximum absolute atomic E-state index is 15.5. The molecule has 6 rings (SSSR count). The number of hydrogen-bond acceptors (Lipinski definition) is 5. The van der Waals surface area contributed by atoms with Gasteiger partial charge in [0.1, 0.15) is 23.4 Å². The van der Waals surface area contributed by atoms with Gasteiger partial charge in [-0.2, -0.15) is 0 Å². The Morgan fingerprint density at radius 2 is 1.88 bits per heavy atom. The summed E-state index contributed by atoms with van der Waals surface area (Å²) in [4.78, 5) is 11.8. The molecule has 0 saturated carbocycles. The van der Waals surface area contributed by atoms with E-state index in [1.807, 2.05) is 18.2 Å². The van der Waals surface area contributed by atoms with Gasteiger partial charge in [0.05, 0.1) is 25.2 Å². The molecular formula is C34H36ClFO5. The highest BCUT2D eigenvalue weighted by atomic mass is 35.5. The fraction of sp³-hybridized carbons (Fsp3) is 0.441. The number of esters is 1. The number of halogens is 2. The normalized spacial score (nSPS) is 21.0. The summed E-state index contributed by atoms with van der Waals surface area (Å²) in [5.41, 5.74) is 8.10. The lowest BCUT2D eigenvalue weighted by Gasteiger charge is -2.20. The van der Waals surface area contributed by atoms with E-state index in [0.29, 0.717) is 47.5 Å². The molecular weight excluding hydrogens is 543 g/mol. The van der Waals surface area contributed by atoms with Crippen LogP contribution in [0.15, 0.2) is 36.4 Å². The molecule has 0 aromatic heterocycles. The Balaban J connectivity index is 1.26. The van der Waals surface area contributed by atoms with E-state index in [1.165, 1.54) is 18.7 Å². The minimum absolute atomic E-state index is 0.0459. The summed E-state index contributed by atoms with van der Waals surface area (Å²) in [5.74, 6) is 1.30. The number of aryl methyl sites for hydroxylation is 3. The van der Waals surface area contributed by atoms with Crippen LogP contribution in [0.25, 0.3) is 11.1 Å². The fourth-order valence-corrected chi connectivity index (χ4v) is 7.13. The zero-order chi connectivity index (χ0) is 28.7. The zero-order valence-corrected chi connectivity index (χ0v) is 24.6. The largest absolute Gasteiger partial charge is 0.492 e. The van der Waals surface area contributed by atoms with Crippen LogP contribution in [0.4, 0.5) is 4.39 Å². The predicted octanol–water partition coefficient (Wildman–Crippen LogP) is 7.84. The van der Waals surface area contributed by atoms with Gasteiger partial charge in [0, 0.05) is 41.9 Å². The van der Waals surface area contributed by atoms with Crippen molar-refractivity contribution in [2.75, 3.05) is 26.9 Å². The molecule has 3 aliphatic rings. The van der Waals surface area contributed by atoms with Gasteiger partial charge in [-0.15, -0.1) is 0 Å². The van der Waals surface area contributed by atoms with Crippen molar-refractivity contribution < 1.29 is 28.1 Å². The molecule has 7 heteroatoms. The summed E-state index contributed by atoms with van der Waals surface area (Å²) in [6.45, 7) is 6.40. The Bertz CT molecular complexity index is 1460. The van der Waals surface area contributed by atoms with Crippen molar-refractivity contribution in [1.82, 2.24) is 0 Å². The number of ether oxygens (including phenoxy) is 4. The van der Waals surface area contributed by atoms with Crippen LogP contribution in [0.1, 0.15) is 71.1 Å². The first kappa shape index (κ1) is 28.0. The van der Waals surface area contributed by atoms with E-state index < -0.39 is 6.10 Å². The SMILES string of the molecule is COC(=O)C[C@@H]1COc2cc(O[C@@H]3CCc4c(-c5c(C)cc(CC[C@@H]6CCOC6)cc5C)c(Cl)cc(F)c43)ccc21. The number of rotatable bonds is 8. The van der Waals surface area contributed by atoms with E-state index in [4.69, 9.17) is 30.5 Å². The van der Waals surface area contributed by atoms with Gasteiger partial charge in [-0.1, -0.05) is 29.8 Å². The molecule has 3 aromatic carbocycles. The quantitative estimate of drug-likeness (QED) is 0.255. The highest BCUT2D eigenvalue weighted by molar-refractivity contribution is 6.33. The topological polar surface area (TPSA) is 54.0 Å². The molecule has 1 fully saturated rings. The number of hydrogen-bond donors (Lipinski definition) is 0. The second-order valence-electron chi connectivity index (χ2n) is 11.6. The monoisotopic (exact) mass is 578 g/mol. The van der Waals surface area contributed by atoms with E-state index >= 15 is 4.39 Å². The van der Waals surface area contributed by atoms with Crippen LogP contribution >= 0.6 is 11.6 Å². The highest BCUT2D eigenvalue weighted by Crippen LogP contribution is 2.47. The molecule has 0 N–H and O–H groups in total. The first-order valence-corrected chi connectivity index (χ1v) is 14.9. The Morgan fingerprint density at radius 1 is 1.07 bits per heavy atom. The lowest BCUT2D eigenvalue weighted by atomic mass is 9.87. The first-order valence-electron chi connectivity index (χ1n) is 14.5. The second kappa shape index (κ2) is 11.7. The lowest BCUT2D eigenvalue weighted by Crippen LogP contribution is -2.09. The van der Waals surface area contributed by atoms with Crippen molar-refractivity contribution in [3.05, 3.63) is 80.6 Å². The number of fused-ring (bicyclic) bond motifs is 2. The third kappa shape index (κ3) is 5.56. The molecule has 216 valence electrons. The number of carbonyl (C=O) groups excluding carboxylic acids is 1. The van der Waals surface area contributed by atoms with Gasteiger partial charge in [-0.3, -0.25) is 4.79 Å². The van der Waals surface area contributed by atoms with Gasteiger partial charge >= 0.3 is 5.97 Å². The Morgan fingerprint density at radius 3 is 2.61 bits per heavy atom. The predicted molar refractivity (Wildman–Crippen MR) is 157 cm³/mol. The van der Waals surface area contributed by atoms with Crippen LogP contribution in [0.5, 0.6) is 11.5 Å². The highest BCUT2D eigenvalue weighted by Gasteiger charge is 2.33. The third-order valence-corrected chi connectivity index (χ3v) is 9.14. The van der Waals surface area contributed by atoms with Crippen LogP contribution in [0.2, 0.25) is 5.02 Å². The molecule has 2 aliphatic heterocycles. The molecule has 0 spiro atoms. The van der Waals surface area contributed by atoms with Gasteiger partial charge < -0.3 is 18.9 Å². The van der Waals surface area contributed by atoms with Crippen molar-refractivity contribution in [3.63, 3.8) is 0 Å². The molecule has 0 bridgehead atoms. The van der Waals surface area contributed by atoms with Crippen molar-refractivity contribution in [3.8, 4) is 22.6 Å². The molecule has 0 unspecified atom stereocenters. The molecule has 0 radical (unpaired) electrons. The van der Waals surface area contributed by atoms with E-state index in [-0.39, 0.29) is 24.1 Å². The number of carbonyl (C=O) groups is 1. The Labute approximate surface area is 245 Å². The average molecular weight is 579 g/mol. The standard InChI is InChI=1S/C34H36ClFO5/c1-19-12-22(5-4-21-10-11-39-17-21)13-20(2)32(19)33-26-8-9-29(34(26)28(36)16-27(33)35)41-24-6-7-25-23(14-31(37)38-3)18-40-30(25)15-24/h6-7,12-13,15-16,21,23,29H,4-5,8-11,14,17-18H2,1-3H3/t21-,23-,29-/m1/s1. The summed E-state index contributed by atoms with van der Waals surface area (Å²) in [6.07, 6.45) is 4.47. The molecule has 5 nitrogen and oxygen atoms in total. The van der Waals surface area contributed by atoms with Crippen LogP contribution in [-0.2, 0) is 27.1 Å². The fourth-order valence-electron chi connectivity index (χ4n) is 6.82. The molecule has 1 aliphatic carbocycles. The Kier molecular flexibility index (Phi) is 7.97. The van der Waals surface area contributed by atoms with E-state index in [1.54, 1.807) is 0 Å². The Hall–Kier alpha value is -3.09. The van der Waals surface area contributed by atoms with Gasteiger partial charge in [0.15, 0.2) is 0 Å². The number of benzene rings is 3. The van der Waals surface area contributed by atoms with E-state index in [9.17, 15) is 4.79 Å². The average Bonchev–Trinajstić information content (AvgIpc) is 3.70. The molecule has 3 aromatic rings. The van der Waals surface area contributed by atoms with Gasteiger partial charge in [0.2, 0.25) is 0 Å². The van der Waals surface area contributed by atoms with Crippen LogP contribution in [0.3, 0.4) is 0 Å². The van der Waals surface area contributed by atoms with E-state index in [0.717, 1.165) is 65.9 Å². The van der Waals surface area contributed by atoms with Crippen LogP contribution in [0, 0.1) is 25.6 Å². The van der Waals surface area contributed by atoms with E-state index in [2.05, 4.69) is 26.0 Å². The maximum atomic E-state index is 15.5. The van der Waals surface area contributed by atoms with Crippen LogP contribution < -0.4 is 9.47 Å². The van der Waals surface area contributed by atoms with Crippen molar-refractivity contribution in [2.45, 2.75) is 64.4 Å². The third-order valence-electron chi connectivity index (χ3n) is 8.85. The maximum Gasteiger partial charge on any atom is 0.306 e. The van der Waals surface area contributed by atoms with Gasteiger partial charge in [-0.25, -0.2) is 4.39 Å². The van der Waals surface area contributed by atoms with Gasteiger partial charge in [0.25, 0.3) is 0 Å².